The zero-order valence-corrected chi connectivity index (χ0v) is 10.3. The molecule has 0 fully saturated rings. The van der Waals surface area contributed by atoms with Crippen LogP contribution in [0.1, 0.15) is 5.56 Å². The zero-order chi connectivity index (χ0) is 10.9. The van der Waals surface area contributed by atoms with Gasteiger partial charge in [-0.25, -0.2) is 0 Å². The summed E-state index contributed by atoms with van der Waals surface area (Å²) in [6.45, 7) is 2.12. The van der Waals surface area contributed by atoms with Gasteiger partial charge < -0.3 is 10.1 Å². The van der Waals surface area contributed by atoms with Gasteiger partial charge in [0.15, 0.2) is 0 Å². The van der Waals surface area contributed by atoms with Gasteiger partial charge in [0.25, 0.3) is 0 Å². The van der Waals surface area contributed by atoms with Crippen molar-refractivity contribution < 1.29 is 4.74 Å². The van der Waals surface area contributed by atoms with Crippen LogP contribution in [0.25, 0.3) is 0 Å². The van der Waals surface area contributed by atoms with Gasteiger partial charge in [0.2, 0.25) is 0 Å². The second kappa shape index (κ2) is 7.60. The minimum absolute atomic E-state index is 0.941. The molecule has 0 bridgehead atoms. The van der Waals surface area contributed by atoms with E-state index in [1.807, 2.05) is 23.9 Å². The van der Waals surface area contributed by atoms with E-state index in [2.05, 4.69) is 23.7 Å². The predicted molar refractivity (Wildman–Crippen MR) is 67.9 cm³/mol. The van der Waals surface area contributed by atoms with E-state index >= 15 is 0 Å². The maximum Gasteiger partial charge on any atom is 0.119 e. The average Bonchev–Trinajstić information content (AvgIpc) is 2.29. The average molecular weight is 225 g/mol. The van der Waals surface area contributed by atoms with Crippen molar-refractivity contribution in [1.82, 2.24) is 5.32 Å². The number of ether oxygens (including phenoxy) is 1. The molecule has 0 heterocycles. The third-order valence-electron chi connectivity index (χ3n) is 2.21. The van der Waals surface area contributed by atoms with Crippen molar-refractivity contribution in [2.24, 2.45) is 0 Å². The molecule has 3 heteroatoms. The van der Waals surface area contributed by atoms with E-state index in [4.69, 9.17) is 4.74 Å². The Labute approximate surface area is 96.4 Å². The molecule has 0 saturated carbocycles. The number of benzene rings is 1. The maximum atomic E-state index is 5.18. The van der Waals surface area contributed by atoms with Crippen LogP contribution in [0.5, 0.6) is 5.75 Å². The fourth-order valence-electron chi connectivity index (χ4n) is 1.36. The van der Waals surface area contributed by atoms with Crippen LogP contribution in [-0.4, -0.2) is 32.2 Å². The molecule has 0 atom stereocenters. The van der Waals surface area contributed by atoms with E-state index in [1.54, 1.807) is 7.11 Å². The largest absolute Gasteiger partial charge is 0.497 e. The Hall–Kier alpha value is -0.670. The maximum absolute atomic E-state index is 5.18. The first-order chi connectivity index (χ1) is 7.36. The highest BCUT2D eigenvalue weighted by atomic mass is 32.2. The topological polar surface area (TPSA) is 21.3 Å². The summed E-state index contributed by atoms with van der Waals surface area (Å²) in [5, 5.41) is 3.41. The summed E-state index contributed by atoms with van der Waals surface area (Å²) in [5.41, 5.74) is 1.33. The Kier molecular flexibility index (Phi) is 6.28. The molecule has 0 saturated heterocycles. The molecular formula is C12H19NOS. The van der Waals surface area contributed by atoms with E-state index < -0.39 is 0 Å². The number of rotatable bonds is 7. The Morgan fingerprint density at radius 2 is 2.20 bits per heavy atom. The summed E-state index contributed by atoms with van der Waals surface area (Å²) in [6.07, 6.45) is 3.19. The third-order valence-corrected chi connectivity index (χ3v) is 2.82. The molecule has 0 aliphatic heterocycles. The first kappa shape index (κ1) is 12.4. The molecule has 0 aliphatic rings. The Morgan fingerprint density at radius 1 is 1.33 bits per heavy atom. The molecule has 0 spiro atoms. The Bertz CT molecular complexity index is 278. The van der Waals surface area contributed by atoms with Crippen LogP contribution in [0.15, 0.2) is 24.3 Å². The number of thioether (sulfide) groups is 1. The van der Waals surface area contributed by atoms with Gasteiger partial charge >= 0.3 is 0 Å². The van der Waals surface area contributed by atoms with Gasteiger partial charge in [0.05, 0.1) is 7.11 Å². The van der Waals surface area contributed by atoms with Gasteiger partial charge in [-0.05, 0) is 36.9 Å². The molecule has 1 N–H and O–H groups in total. The first-order valence-corrected chi connectivity index (χ1v) is 6.59. The van der Waals surface area contributed by atoms with Crippen LogP contribution < -0.4 is 10.1 Å². The highest BCUT2D eigenvalue weighted by Gasteiger charge is 1.95. The van der Waals surface area contributed by atoms with E-state index in [9.17, 15) is 0 Å². The Balaban J connectivity index is 2.24. The first-order valence-electron chi connectivity index (χ1n) is 5.19. The molecule has 1 rings (SSSR count). The Morgan fingerprint density at radius 3 is 2.93 bits per heavy atom. The van der Waals surface area contributed by atoms with E-state index in [0.29, 0.717) is 0 Å². The summed E-state index contributed by atoms with van der Waals surface area (Å²) in [5.74, 6) is 2.12. The lowest BCUT2D eigenvalue weighted by Crippen LogP contribution is -2.19. The minimum atomic E-state index is 0.941. The lowest BCUT2D eigenvalue weighted by molar-refractivity contribution is 0.414. The van der Waals surface area contributed by atoms with Gasteiger partial charge in [-0.1, -0.05) is 12.1 Å². The highest BCUT2D eigenvalue weighted by molar-refractivity contribution is 7.98. The summed E-state index contributed by atoms with van der Waals surface area (Å²) < 4.78 is 5.18. The smallest absolute Gasteiger partial charge is 0.119 e. The molecule has 1 aromatic carbocycles. The van der Waals surface area contributed by atoms with Crippen molar-refractivity contribution in [2.45, 2.75) is 6.42 Å². The molecule has 0 amide bonds. The SMILES string of the molecule is COc1cccc(CCNCCSC)c1. The fourth-order valence-corrected chi connectivity index (χ4v) is 1.71. The van der Waals surface area contributed by atoms with Gasteiger partial charge in [0, 0.05) is 12.3 Å². The van der Waals surface area contributed by atoms with E-state index in [1.165, 1.54) is 11.3 Å². The monoisotopic (exact) mass is 225 g/mol. The highest BCUT2D eigenvalue weighted by Crippen LogP contribution is 2.12. The van der Waals surface area contributed by atoms with Crippen LogP contribution in [0, 0.1) is 0 Å². The van der Waals surface area contributed by atoms with E-state index in [-0.39, 0.29) is 0 Å². The van der Waals surface area contributed by atoms with Crippen molar-refractivity contribution in [3.05, 3.63) is 29.8 Å². The standard InChI is InChI=1S/C12H19NOS/c1-14-12-5-3-4-11(10-12)6-7-13-8-9-15-2/h3-5,10,13H,6-9H2,1-2H3. The van der Waals surface area contributed by atoms with Crippen LogP contribution >= 0.6 is 11.8 Å². The van der Waals surface area contributed by atoms with Crippen LogP contribution in [0.3, 0.4) is 0 Å². The normalized spacial score (nSPS) is 10.3. The molecule has 15 heavy (non-hydrogen) atoms. The van der Waals surface area contributed by atoms with Gasteiger partial charge in [0.1, 0.15) is 5.75 Å². The molecule has 2 nitrogen and oxygen atoms in total. The van der Waals surface area contributed by atoms with Crippen molar-refractivity contribution in [3.63, 3.8) is 0 Å². The van der Waals surface area contributed by atoms with Crippen molar-refractivity contribution in [2.75, 3.05) is 32.2 Å². The lowest BCUT2D eigenvalue weighted by Gasteiger charge is -2.05. The number of hydrogen-bond donors (Lipinski definition) is 1. The van der Waals surface area contributed by atoms with Gasteiger partial charge in [-0.3, -0.25) is 0 Å². The number of methoxy groups -OCH3 is 1. The second-order valence-corrected chi connectivity index (χ2v) is 4.33. The molecule has 0 radical (unpaired) electrons. The minimum Gasteiger partial charge on any atom is -0.497 e. The quantitative estimate of drug-likeness (QED) is 0.719. The fraction of sp³-hybridized carbons (Fsp3) is 0.500. The van der Waals surface area contributed by atoms with Crippen molar-refractivity contribution in [3.8, 4) is 5.75 Å². The van der Waals surface area contributed by atoms with Gasteiger partial charge in [-0.2, -0.15) is 11.8 Å². The number of hydrogen-bond acceptors (Lipinski definition) is 3. The van der Waals surface area contributed by atoms with Crippen molar-refractivity contribution >= 4 is 11.8 Å². The lowest BCUT2D eigenvalue weighted by atomic mass is 10.1. The summed E-state index contributed by atoms with van der Waals surface area (Å²) in [6, 6.07) is 8.25. The van der Waals surface area contributed by atoms with Gasteiger partial charge in [-0.15, -0.1) is 0 Å². The van der Waals surface area contributed by atoms with Crippen LogP contribution in [0.2, 0.25) is 0 Å². The van der Waals surface area contributed by atoms with Crippen molar-refractivity contribution in [1.29, 1.82) is 0 Å². The predicted octanol–water partition coefficient (Wildman–Crippen LogP) is 2.19. The zero-order valence-electron chi connectivity index (χ0n) is 9.45. The van der Waals surface area contributed by atoms with Crippen LogP contribution in [0.4, 0.5) is 0 Å². The molecular weight excluding hydrogens is 206 g/mol. The molecule has 0 aromatic heterocycles. The molecule has 0 unspecified atom stereocenters. The molecule has 0 aliphatic carbocycles. The molecule has 1 aromatic rings. The number of nitrogens with one attached hydrogen (secondary N) is 1. The molecule has 84 valence electrons. The second-order valence-electron chi connectivity index (χ2n) is 3.34. The summed E-state index contributed by atoms with van der Waals surface area (Å²) >= 11 is 1.87. The third kappa shape index (κ3) is 5.09. The van der Waals surface area contributed by atoms with E-state index in [0.717, 1.165) is 25.3 Å². The van der Waals surface area contributed by atoms with Crippen LogP contribution in [-0.2, 0) is 6.42 Å². The summed E-state index contributed by atoms with van der Waals surface area (Å²) in [4.78, 5) is 0. The summed E-state index contributed by atoms with van der Waals surface area (Å²) in [7, 11) is 1.70.